The lowest BCUT2D eigenvalue weighted by atomic mass is 9.92. The molecule has 0 saturated carbocycles. The molecule has 0 aliphatic carbocycles. The first-order valence-electron chi connectivity index (χ1n) is 10.3. The first-order valence-corrected chi connectivity index (χ1v) is 10.3. The van der Waals surface area contributed by atoms with Crippen molar-refractivity contribution in [3.63, 3.8) is 0 Å². The minimum atomic E-state index is -0.554. The van der Waals surface area contributed by atoms with Crippen molar-refractivity contribution < 1.29 is 19.1 Å². The fourth-order valence-electron chi connectivity index (χ4n) is 4.38. The molecular weight excluding hydrogens is 358 g/mol. The van der Waals surface area contributed by atoms with Crippen molar-refractivity contribution in [1.82, 2.24) is 10.2 Å². The van der Waals surface area contributed by atoms with Crippen LogP contribution in [0.1, 0.15) is 25.7 Å². The highest BCUT2D eigenvalue weighted by Gasteiger charge is 2.40. The Labute approximate surface area is 166 Å². The summed E-state index contributed by atoms with van der Waals surface area (Å²) in [7, 11) is 1.97. The van der Waals surface area contributed by atoms with E-state index in [-0.39, 0.29) is 11.8 Å². The lowest BCUT2D eigenvalue weighted by molar-refractivity contribution is -0.141. The van der Waals surface area contributed by atoms with Crippen LogP contribution in [0.15, 0.2) is 18.2 Å². The molecule has 0 aromatic heterocycles. The Balaban J connectivity index is 1.37. The van der Waals surface area contributed by atoms with Crippen LogP contribution in [-0.4, -0.2) is 63.2 Å². The Morgan fingerprint density at radius 1 is 1.11 bits per heavy atom. The van der Waals surface area contributed by atoms with E-state index >= 15 is 0 Å². The van der Waals surface area contributed by atoms with Gasteiger partial charge in [0.1, 0.15) is 19.1 Å². The van der Waals surface area contributed by atoms with Gasteiger partial charge < -0.3 is 24.6 Å². The van der Waals surface area contributed by atoms with E-state index in [1.54, 1.807) is 4.90 Å². The fourth-order valence-corrected chi connectivity index (χ4v) is 4.38. The number of amides is 2. The molecule has 2 saturated heterocycles. The van der Waals surface area contributed by atoms with Gasteiger partial charge in [0, 0.05) is 31.4 Å². The zero-order chi connectivity index (χ0) is 19.5. The predicted octanol–water partition coefficient (Wildman–Crippen LogP) is 1.66. The van der Waals surface area contributed by atoms with Gasteiger partial charge in [-0.2, -0.15) is 0 Å². The Kier molecular flexibility index (Phi) is 5.71. The third-order valence-corrected chi connectivity index (χ3v) is 6.07. The molecule has 28 heavy (non-hydrogen) atoms. The van der Waals surface area contributed by atoms with E-state index in [0.717, 1.165) is 44.6 Å². The minimum Gasteiger partial charge on any atom is -0.486 e. The zero-order valence-electron chi connectivity index (χ0n) is 16.5. The van der Waals surface area contributed by atoms with Crippen molar-refractivity contribution >= 4 is 17.5 Å². The van der Waals surface area contributed by atoms with Crippen LogP contribution in [0, 0.1) is 11.8 Å². The Morgan fingerprint density at radius 2 is 1.86 bits per heavy atom. The minimum absolute atomic E-state index is 0.00268. The quantitative estimate of drug-likeness (QED) is 0.778. The summed E-state index contributed by atoms with van der Waals surface area (Å²) in [6, 6.07) is 5.54. The number of rotatable bonds is 5. The van der Waals surface area contributed by atoms with E-state index in [0.29, 0.717) is 43.6 Å². The summed E-state index contributed by atoms with van der Waals surface area (Å²) in [6.45, 7) is 4.16. The van der Waals surface area contributed by atoms with Crippen LogP contribution in [0.5, 0.6) is 11.5 Å². The third kappa shape index (κ3) is 3.81. The van der Waals surface area contributed by atoms with Gasteiger partial charge in [0.25, 0.3) is 0 Å². The number of hydrogen-bond donors (Lipinski definition) is 1. The van der Waals surface area contributed by atoms with Crippen molar-refractivity contribution in [2.45, 2.75) is 25.7 Å². The second kappa shape index (κ2) is 8.39. The highest BCUT2D eigenvalue weighted by atomic mass is 16.6. The predicted molar refractivity (Wildman–Crippen MR) is 106 cm³/mol. The fraction of sp³-hybridized carbons (Fsp3) is 0.619. The molecule has 1 aromatic carbocycles. The van der Waals surface area contributed by atoms with Crippen molar-refractivity contribution in [3.8, 4) is 11.5 Å². The summed E-state index contributed by atoms with van der Waals surface area (Å²) < 4.78 is 11.2. The van der Waals surface area contributed by atoms with Gasteiger partial charge in [-0.05, 0) is 57.3 Å². The van der Waals surface area contributed by atoms with Crippen molar-refractivity contribution in [2.24, 2.45) is 11.8 Å². The number of carbonyl (C=O) groups is 2. The maximum Gasteiger partial charge on any atom is 0.239 e. The zero-order valence-corrected chi connectivity index (χ0v) is 16.5. The summed E-state index contributed by atoms with van der Waals surface area (Å²) >= 11 is 0. The molecule has 0 radical (unpaired) electrons. The van der Waals surface area contributed by atoms with E-state index in [1.807, 2.05) is 30.1 Å². The number of ether oxygens (including phenoxy) is 2. The van der Waals surface area contributed by atoms with Crippen LogP contribution in [0.25, 0.3) is 0 Å². The molecule has 1 atom stereocenters. The largest absolute Gasteiger partial charge is 0.486 e. The van der Waals surface area contributed by atoms with E-state index in [2.05, 4.69) is 5.32 Å². The number of nitrogens with one attached hydrogen (secondary N) is 1. The maximum absolute atomic E-state index is 13.0. The van der Waals surface area contributed by atoms with Crippen molar-refractivity contribution in [3.05, 3.63) is 18.2 Å². The third-order valence-electron chi connectivity index (χ3n) is 6.07. The number of hydrogen-bond acceptors (Lipinski definition) is 5. The molecule has 7 heteroatoms. The molecule has 0 bridgehead atoms. The average Bonchev–Trinajstić information content (AvgIpc) is 3.13. The Bertz CT molecular complexity index is 730. The molecule has 3 aliphatic rings. The molecule has 4 rings (SSSR count). The topological polar surface area (TPSA) is 71.1 Å². The summed E-state index contributed by atoms with van der Waals surface area (Å²) in [5.41, 5.74) is 0.773. The van der Waals surface area contributed by atoms with Crippen LogP contribution >= 0.6 is 0 Å². The molecule has 3 aliphatic heterocycles. The second-order valence-electron chi connectivity index (χ2n) is 7.82. The number of carbonyl (C=O) groups excluding carboxylic acids is 2. The number of anilines is 1. The van der Waals surface area contributed by atoms with Gasteiger partial charge in [-0.1, -0.05) is 0 Å². The Morgan fingerprint density at radius 3 is 2.61 bits per heavy atom. The summed E-state index contributed by atoms with van der Waals surface area (Å²) in [5.74, 6) is 1.38. The van der Waals surface area contributed by atoms with Crippen molar-refractivity contribution in [2.75, 3.05) is 51.3 Å². The molecular formula is C21H29N3O4. The van der Waals surface area contributed by atoms with Gasteiger partial charge >= 0.3 is 0 Å². The molecule has 2 fully saturated rings. The molecule has 1 unspecified atom stereocenters. The van der Waals surface area contributed by atoms with Gasteiger partial charge in [-0.15, -0.1) is 0 Å². The van der Waals surface area contributed by atoms with Gasteiger partial charge in [-0.25, -0.2) is 0 Å². The number of benzene rings is 1. The highest BCUT2D eigenvalue weighted by molar-refractivity contribution is 6.09. The second-order valence-corrected chi connectivity index (χ2v) is 7.82. The van der Waals surface area contributed by atoms with E-state index in [9.17, 15) is 9.59 Å². The van der Waals surface area contributed by atoms with Crippen LogP contribution in [0.4, 0.5) is 5.69 Å². The molecule has 0 spiro atoms. The Hall–Kier alpha value is -2.28. The number of nitrogens with zero attached hydrogens (tertiary/aromatic N) is 2. The number of piperidine rings is 1. The summed E-state index contributed by atoms with van der Waals surface area (Å²) in [4.78, 5) is 29.5. The van der Waals surface area contributed by atoms with E-state index < -0.39 is 5.92 Å². The number of likely N-dealkylation sites (tertiary alicyclic amines) is 1. The van der Waals surface area contributed by atoms with Gasteiger partial charge in [-0.3, -0.25) is 9.59 Å². The summed E-state index contributed by atoms with van der Waals surface area (Å²) in [6.07, 6.45) is 3.78. The smallest absolute Gasteiger partial charge is 0.239 e. The first-order chi connectivity index (χ1) is 13.7. The lowest BCUT2D eigenvalue weighted by Gasteiger charge is -2.33. The van der Waals surface area contributed by atoms with Crippen LogP contribution in [0.3, 0.4) is 0 Å². The van der Waals surface area contributed by atoms with Crippen LogP contribution < -0.4 is 19.7 Å². The van der Waals surface area contributed by atoms with Gasteiger partial charge in [0.15, 0.2) is 11.5 Å². The van der Waals surface area contributed by atoms with E-state index in [1.165, 1.54) is 0 Å². The molecule has 1 N–H and O–H groups in total. The lowest BCUT2D eigenvalue weighted by Crippen LogP contribution is -2.44. The SMILES string of the molecule is CNCCC1CCN(C(=O)C2CCN(c3ccc4c(c3)OCCO4)C2=O)CC1. The normalized spacial score (nSPS) is 22.6. The standard InChI is InChI=1S/C21H29N3O4/c1-22-8-4-15-5-9-23(10-6-15)20(25)17-7-11-24(21(17)26)16-2-3-18-19(14-16)28-13-12-27-18/h2-3,14-15,17,22H,4-13H2,1H3. The molecule has 152 valence electrons. The molecule has 3 heterocycles. The maximum atomic E-state index is 13.0. The monoisotopic (exact) mass is 387 g/mol. The molecule has 2 amide bonds. The van der Waals surface area contributed by atoms with Crippen molar-refractivity contribution in [1.29, 1.82) is 0 Å². The van der Waals surface area contributed by atoms with Gasteiger partial charge in [0.2, 0.25) is 11.8 Å². The van der Waals surface area contributed by atoms with Gasteiger partial charge in [0.05, 0.1) is 0 Å². The highest BCUT2D eigenvalue weighted by Crippen LogP contribution is 2.36. The molecule has 7 nitrogen and oxygen atoms in total. The van der Waals surface area contributed by atoms with Crippen LogP contribution in [-0.2, 0) is 9.59 Å². The number of fused-ring (bicyclic) bond motifs is 1. The van der Waals surface area contributed by atoms with E-state index in [4.69, 9.17) is 9.47 Å². The van der Waals surface area contributed by atoms with Crippen LogP contribution in [0.2, 0.25) is 0 Å². The summed E-state index contributed by atoms with van der Waals surface area (Å²) in [5, 5.41) is 3.19. The first kappa shape index (κ1) is 19.1. The molecule has 1 aromatic rings. The average molecular weight is 387 g/mol.